The number of carbonyl (C=O) groups excluding carboxylic acids is 1. The molecule has 246 valence electrons. The van der Waals surface area contributed by atoms with Crippen molar-refractivity contribution in [2.75, 3.05) is 36.7 Å². The van der Waals surface area contributed by atoms with Gasteiger partial charge in [0.05, 0.1) is 54.4 Å². The number of alkyl halides is 6. The maximum Gasteiger partial charge on any atom is 0.416 e. The van der Waals surface area contributed by atoms with E-state index in [1.165, 1.54) is 18.2 Å². The standard InChI is InChI=1S/C31H31F6N5O4/c1-4-22-15-24(27-23(7-9-26(40-27)44-3)42(22)29(43)45-5-2)41(25-8-6-19(16-39-25)28-38-10-11-46-28)17-18-12-20(30(32,33)34)14-21(13-18)31(35,36)37/h6-9,12-14,16,22,24H,4-5,10-11,15,17H2,1-3H3/t22-,24+/m1/s1. The molecule has 0 spiro atoms. The fourth-order valence-corrected chi connectivity index (χ4v) is 5.60. The highest BCUT2D eigenvalue weighted by molar-refractivity contribution is 5.94. The van der Waals surface area contributed by atoms with Crippen LogP contribution in [0.4, 0.5) is 42.6 Å². The summed E-state index contributed by atoms with van der Waals surface area (Å²) in [6, 6.07) is 6.71. The lowest BCUT2D eigenvalue weighted by molar-refractivity contribution is -0.143. The van der Waals surface area contributed by atoms with Gasteiger partial charge >= 0.3 is 18.4 Å². The fraction of sp³-hybridized carbons (Fsp3) is 0.419. The molecule has 0 aliphatic carbocycles. The Kier molecular flexibility index (Phi) is 9.31. The van der Waals surface area contributed by atoms with Gasteiger partial charge in [0.1, 0.15) is 12.4 Å². The molecule has 0 saturated heterocycles. The second-order valence-electron chi connectivity index (χ2n) is 10.6. The van der Waals surface area contributed by atoms with Crippen molar-refractivity contribution >= 4 is 23.5 Å². The number of methoxy groups -OCH3 is 1. The molecule has 4 heterocycles. The van der Waals surface area contributed by atoms with Gasteiger partial charge in [0.2, 0.25) is 11.8 Å². The molecule has 1 amide bonds. The van der Waals surface area contributed by atoms with Gasteiger partial charge in [0, 0.05) is 24.8 Å². The summed E-state index contributed by atoms with van der Waals surface area (Å²) in [4.78, 5) is 29.6. The van der Waals surface area contributed by atoms with Gasteiger partial charge in [-0.25, -0.2) is 19.8 Å². The van der Waals surface area contributed by atoms with Crippen molar-refractivity contribution in [1.29, 1.82) is 0 Å². The third-order valence-corrected chi connectivity index (χ3v) is 7.71. The summed E-state index contributed by atoms with van der Waals surface area (Å²) < 4.78 is 99.1. The van der Waals surface area contributed by atoms with Crippen LogP contribution in [0, 0.1) is 0 Å². The number of hydrogen-bond donors (Lipinski definition) is 0. The van der Waals surface area contributed by atoms with Crippen molar-refractivity contribution in [2.45, 2.75) is 57.7 Å². The molecule has 2 atom stereocenters. The Balaban J connectivity index is 1.67. The molecule has 2 aliphatic heterocycles. The van der Waals surface area contributed by atoms with Crippen molar-refractivity contribution in [3.8, 4) is 5.88 Å². The zero-order valence-electron chi connectivity index (χ0n) is 25.2. The van der Waals surface area contributed by atoms with Crippen LogP contribution in [0.2, 0.25) is 0 Å². The van der Waals surface area contributed by atoms with Gasteiger partial charge in [-0.15, -0.1) is 0 Å². The minimum Gasteiger partial charge on any atom is -0.481 e. The first-order valence-corrected chi connectivity index (χ1v) is 14.5. The number of ether oxygens (including phenoxy) is 3. The lowest BCUT2D eigenvalue weighted by Gasteiger charge is -2.43. The molecular formula is C31H31F6N5O4. The van der Waals surface area contributed by atoms with Crippen LogP contribution in [0.25, 0.3) is 0 Å². The van der Waals surface area contributed by atoms with Gasteiger partial charge in [-0.3, -0.25) is 4.90 Å². The first kappa shape index (κ1) is 32.8. The monoisotopic (exact) mass is 651 g/mol. The van der Waals surface area contributed by atoms with Crippen molar-refractivity contribution < 1.29 is 45.3 Å². The number of hydrogen-bond acceptors (Lipinski definition) is 8. The van der Waals surface area contributed by atoms with E-state index in [-0.39, 0.29) is 36.4 Å². The highest BCUT2D eigenvalue weighted by Crippen LogP contribution is 2.44. The number of nitrogens with zero attached hydrogens (tertiary/aromatic N) is 5. The molecule has 0 saturated carbocycles. The quantitative estimate of drug-likeness (QED) is 0.238. The molecule has 46 heavy (non-hydrogen) atoms. The molecule has 0 N–H and O–H groups in total. The third kappa shape index (κ3) is 6.82. The number of pyridine rings is 2. The van der Waals surface area contributed by atoms with Gasteiger partial charge in [0.15, 0.2) is 0 Å². The van der Waals surface area contributed by atoms with Crippen molar-refractivity contribution in [2.24, 2.45) is 4.99 Å². The van der Waals surface area contributed by atoms with E-state index >= 15 is 0 Å². The molecule has 2 aliphatic rings. The zero-order chi connectivity index (χ0) is 33.2. The van der Waals surface area contributed by atoms with Crippen molar-refractivity contribution in [3.05, 3.63) is 76.6 Å². The average Bonchev–Trinajstić information content (AvgIpc) is 3.57. The Morgan fingerprint density at radius 3 is 2.30 bits per heavy atom. The summed E-state index contributed by atoms with van der Waals surface area (Å²) >= 11 is 0. The van der Waals surface area contributed by atoms with Crippen LogP contribution in [-0.2, 0) is 28.4 Å². The third-order valence-electron chi connectivity index (χ3n) is 7.71. The minimum atomic E-state index is -5.03. The smallest absolute Gasteiger partial charge is 0.416 e. The number of anilines is 2. The summed E-state index contributed by atoms with van der Waals surface area (Å²) in [5.41, 5.74) is -1.86. The summed E-state index contributed by atoms with van der Waals surface area (Å²) in [6.07, 6.45) is -8.53. The fourth-order valence-electron chi connectivity index (χ4n) is 5.60. The maximum atomic E-state index is 13.8. The maximum absolute atomic E-state index is 13.8. The molecule has 3 aromatic rings. The van der Waals surface area contributed by atoms with E-state index in [9.17, 15) is 31.1 Å². The lowest BCUT2D eigenvalue weighted by atomic mass is 9.91. The Morgan fingerprint density at radius 1 is 1.04 bits per heavy atom. The van der Waals surface area contributed by atoms with Crippen LogP contribution in [-0.4, -0.2) is 54.9 Å². The highest BCUT2D eigenvalue weighted by atomic mass is 19.4. The molecule has 1 aromatic carbocycles. The molecule has 2 aromatic heterocycles. The van der Waals surface area contributed by atoms with Gasteiger partial charge in [0.25, 0.3) is 0 Å². The number of rotatable bonds is 8. The highest BCUT2D eigenvalue weighted by Gasteiger charge is 2.42. The molecule has 0 radical (unpaired) electrons. The normalized spacial score (nSPS) is 18.0. The largest absolute Gasteiger partial charge is 0.481 e. The zero-order valence-corrected chi connectivity index (χ0v) is 25.2. The van der Waals surface area contributed by atoms with Crippen LogP contribution in [0.1, 0.15) is 60.7 Å². The van der Waals surface area contributed by atoms with Crippen LogP contribution < -0.4 is 14.5 Å². The number of aromatic nitrogens is 2. The number of aliphatic imine (C=N–C) groups is 1. The van der Waals surface area contributed by atoms with E-state index in [1.54, 1.807) is 36.1 Å². The van der Waals surface area contributed by atoms with Gasteiger partial charge in [-0.2, -0.15) is 26.3 Å². The van der Waals surface area contributed by atoms with Crippen LogP contribution in [0.3, 0.4) is 0 Å². The van der Waals surface area contributed by atoms with E-state index in [4.69, 9.17) is 14.2 Å². The van der Waals surface area contributed by atoms with Crippen LogP contribution >= 0.6 is 0 Å². The van der Waals surface area contributed by atoms with Gasteiger partial charge in [-0.05, 0) is 61.7 Å². The van der Waals surface area contributed by atoms with Crippen LogP contribution in [0.15, 0.2) is 53.7 Å². The summed E-state index contributed by atoms with van der Waals surface area (Å²) in [5.74, 6) is 0.817. The number of carbonyl (C=O) groups is 1. The van der Waals surface area contributed by atoms with E-state index in [1.807, 2.05) is 6.92 Å². The van der Waals surface area contributed by atoms with Gasteiger partial charge in [-0.1, -0.05) is 6.92 Å². The summed E-state index contributed by atoms with van der Waals surface area (Å²) in [6.45, 7) is 4.11. The molecule has 5 rings (SSSR count). The number of fused-ring (bicyclic) bond motifs is 1. The van der Waals surface area contributed by atoms with Crippen molar-refractivity contribution in [1.82, 2.24) is 9.97 Å². The predicted octanol–water partition coefficient (Wildman–Crippen LogP) is 7.19. The Morgan fingerprint density at radius 2 is 1.76 bits per heavy atom. The van der Waals surface area contributed by atoms with E-state index in [2.05, 4.69) is 15.0 Å². The molecule has 0 unspecified atom stereocenters. The number of benzene rings is 1. The average molecular weight is 652 g/mol. The van der Waals surface area contributed by atoms with Crippen molar-refractivity contribution in [3.63, 3.8) is 0 Å². The Hall–Kier alpha value is -4.56. The molecule has 0 bridgehead atoms. The summed E-state index contributed by atoms with van der Waals surface area (Å²) in [5, 5.41) is 0. The van der Waals surface area contributed by atoms with E-state index in [0.717, 1.165) is 0 Å². The second-order valence-corrected chi connectivity index (χ2v) is 10.6. The summed E-state index contributed by atoms with van der Waals surface area (Å²) in [7, 11) is 1.40. The van der Waals surface area contributed by atoms with E-state index < -0.39 is 48.2 Å². The first-order chi connectivity index (χ1) is 21.8. The topological polar surface area (TPSA) is 89.4 Å². The number of halogens is 6. The molecule has 0 fully saturated rings. The Bertz CT molecular complexity index is 1560. The minimum absolute atomic E-state index is 0.0931. The molecular weight excluding hydrogens is 620 g/mol. The molecule has 15 heteroatoms. The Labute approximate surface area is 260 Å². The first-order valence-electron chi connectivity index (χ1n) is 14.5. The van der Waals surface area contributed by atoms with Crippen LogP contribution in [0.5, 0.6) is 5.88 Å². The lowest BCUT2D eigenvalue weighted by Crippen LogP contribution is -2.48. The predicted molar refractivity (Wildman–Crippen MR) is 156 cm³/mol. The van der Waals surface area contributed by atoms with E-state index in [0.29, 0.717) is 54.5 Å². The molecule has 9 nitrogen and oxygen atoms in total. The SMILES string of the molecule is CCOC(=O)N1c2ccc(OC)nc2[C@@H](N(Cc2cc(C(F)(F)F)cc(C(F)(F)F)c2)c2ccc(C3=NCCO3)cn2)C[C@H]1CC. The van der Waals surface area contributed by atoms with Gasteiger partial charge < -0.3 is 19.1 Å². The number of amides is 1. The second kappa shape index (κ2) is 13.0.